The first-order valence-corrected chi connectivity index (χ1v) is 10.8. The van der Waals surface area contributed by atoms with Crippen LogP contribution in [0.15, 0.2) is 36.7 Å². The summed E-state index contributed by atoms with van der Waals surface area (Å²) in [5.41, 5.74) is 6.09. The van der Waals surface area contributed by atoms with Gasteiger partial charge in [0.1, 0.15) is 0 Å². The molecular weight excluding hydrogens is 376 g/mol. The molecule has 0 unspecified atom stereocenters. The van der Waals surface area contributed by atoms with Crippen LogP contribution < -0.4 is 19.7 Å². The number of benzene rings is 1. The van der Waals surface area contributed by atoms with Crippen LogP contribution in [0.3, 0.4) is 0 Å². The van der Waals surface area contributed by atoms with E-state index in [1.165, 1.54) is 29.1 Å². The van der Waals surface area contributed by atoms with E-state index in [1.807, 2.05) is 18.5 Å². The Morgan fingerprint density at radius 2 is 1.73 bits per heavy atom. The van der Waals surface area contributed by atoms with Crippen molar-refractivity contribution in [2.75, 3.05) is 37.5 Å². The molecule has 1 saturated heterocycles. The van der Waals surface area contributed by atoms with Gasteiger partial charge in [0.15, 0.2) is 11.5 Å². The highest BCUT2D eigenvalue weighted by atomic mass is 16.5. The van der Waals surface area contributed by atoms with Crippen molar-refractivity contribution < 1.29 is 9.47 Å². The summed E-state index contributed by atoms with van der Waals surface area (Å²) >= 11 is 0. The quantitative estimate of drug-likeness (QED) is 0.687. The van der Waals surface area contributed by atoms with Gasteiger partial charge in [-0.05, 0) is 55.9 Å². The van der Waals surface area contributed by atoms with Gasteiger partial charge in [-0.2, -0.15) is 0 Å². The summed E-state index contributed by atoms with van der Waals surface area (Å²) in [6.45, 7) is 2.09. The van der Waals surface area contributed by atoms with Crippen LogP contribution in [0.4, 0.5) is 11.4 Å². The fourth-order valence-corrected chi connectivity index (χ4v) is 4.80. The monoisotopic (exact) mass is 404 g/mol. The molecule has 3 aromatic rings. The molecule has 1 aliphatic carbocycles. The zero-order chi connectivity index (χ0) is 20.5. The summed E-state index contributed by atoms with van der Waals surface area (Å²) in [5.74, 6) is 1.48. The molecule has 156 valence electrons. The second kappa shape index (κ2) is 8.01. The van der Waals surface area contributed by atoms with E-state index in [4.69, 9.17) is 14.5 Å². The second-order valence-electron chi connectivity index (χ2n) is 8.10. The number of piperidine rings is 1. The number of anilines is 2. The molecule has 0 atom stereocenters. The summed E-state index contributed by atoms with van der Waals surface area (Å²) in [6, 6.07) is 8.72. The van der Waals surface area contributed by atoms with Crippen molar-refractivity contribution in [1.82, 2.24) is 9.97 Å². The molecule has 30 heavy (non-hydrogen) atoms. The first kappa shape index (κ1) is 19.0. The minimum atomic E-state index is 0.450. The van der Waals surface area contributed by atoms with E-state index in [9.17, 15) is 0 Å². The number of hydrogen-bond acceptors (Lipinski definition) is 6. The molecule has 0 spiro atoms. The van der Waals surface area contributed by atoms with Gasteiger partial charge in [0, 0.05) is 60.0 Å². The van der Waals surface area contributed by atoms with Crippen LogP contribution in [0.2, 0.25) is 0 Å². The van der Waals surface area contributed by atoms with Crippen LogP contribution in [0.1, 0.15) is 30.5 Å². The van der Waals surface area contributed by atoms with E-state index in [2.05, 4.69) is 33.4 Å². The summed E-state index contributed by atoms with van der Waals surface area (Å²) < 4.78 is 11.1. The zero-order valence-corrected chi connectivity index (χ0v) is 17.6. The Morgan fingerprint density at radius 3 is 2.47 bits per heavy atom. The van der Waals surface area contributed by atoms with Gasteiger partial charge in [0.05, 0.1) is 19.7 Å². The number of aryl methyl sites for hydroxylation is 1. The molecule has 1 fully saturated rings. The first-order valence-electron chi connectivity index (χ1n) is 10.8. The molecule has 3 heterocycles. The predicted octanol–water partition coefficient (Wildman–Crippen LogP) is 4.22. The fraction of sp³-hybridized carbons (Fsp3) is 0.417. The standard InChI is InChI=1S/C24H28N4O2/c1-29-22-14-19-21(15-23(22)30-2)27-20-5-3-4-18(20)24(19)26-16-8-12-28(13-9-16)17-6-10-25-11-7-17/h6-7,10-11,14-16H,3-5,8-9,12-13H2,1-2H3,(H,26,27). The number of pyridine rings is 2. The Kier molecular flexibility index (Phi) is 5.07. The summed E-state index contributed by atoms with van der Waals surface area (Å²) in [4.78, 5) is 11.5. The molecule has 2 aromatic heterocycles. The maximum atomic E-state index is 5.58. The van der Waals surface area contributed by atoms with Crippen molar-refractivity contribution in [2.24, 2.45) is 0 Å². The lowest BCUT2D eigenvalue weighted by molar-refractivity contribution is 0.356. The van der Waals surface area contributed by atoms with Gasteiger partial charge >= 0.3 is 0 Å². The van der Waals surface area contributed by atoms with Crippen molar-refractivity contribution in [2.45, 2.75) is 38.1 Å². The van der Waals surface area contributed by atoms with E-state index in [0.717, 1.165) is 61.2 Å². The van der Waals surface area contributed by atoms with Crippen LogP contribution in [0, 0.1) is 0 Å². The van der Waals surface area contributed by atoms with E-state index >= 15 is 0 Å². The van der Waals surface area contributed by atoms with Gasteiger partial charge in [-0.15, -0.1) is 0 Å². The highest BCUT2D eigenvalue weighted by Gasteiger charge is 2.25. The van der Waals surface area contributed by atoms with Crippen LogP contribution >= 0.6 is 0 Å². The van der Waals surface area contributed by atoms with Crippen LogP contribution in [0.25, 0.3) is 10.9 Å². The number of methoxy groups -OCH3 is 2. The third-order valence-corrected chi connectivity index (χ3v) is 6.39. The average molecular weight is 405 g/mol. The third kappa shape index (κ3) is 3.40. The largest absolute Gasteiger partial charge is 0.493 e. The van der Waals surface area contributed by atoms with E-state index in [-0.39, 0.29) is 0 Å². The van der Waals surface area contributed by atoms with E-state index < -0.39 is 0 Å². The molecule has 1 aromatic carbocycles. The lowest BCUT2D eigenvalue weighted by Gasteiger charge is -2.35. The summed E-state index contributed by atoms with van der Waals surface area (Å²) in [7, 11) is 3.36. The lowest BCUT2D eigenvalue weighted by atomic mass is 10.0. The molecule has 0 radical (unpaired) electrons. The van der Waals surface area contributed by atoms with E-state index in [1.54, 1.807) is 14.2 Å². The molecule has 0 saturated carbocycles. The molecule has 0 amide bonds. The predicted molar refractivity (Wildman–Crippen MR) is 120 cm³/mol. The number of aromatic nitrogens is 2. The molecule has 2 aliphatic rings. The molecule has 6 nitrogen and oxygen atoms in total. The minimum absolute atomic E-state index is 0.450. The highest BCUT2D eigenvalue weighted by Crippen LogP contribution is 2.40. The third-order valence-electron chi connectivity index (χ3n) is 6.39. The van der Waals surface area contributed by atoms with Crippen molar-refractivity contribution in [3.8, 4) is 11.5 Å². The number of hydrogen-bond donors (Lipinski definition) is 1. The fourth-order valence-electron chi connectivity index (χ4n) is 4.80. The van der Waals surface area contributed by atoms with Gasteiger partial charge in [0.25, 0.3) is 0 Å². The molecule has 0 bridgehead atoms. The van der Waals surface area contributed by atoms with Crippen molar-refractivity contribution in [1.29, 1.82) is 0 Å². The van der Waals surface area contributed by atoms with Crippen LogP contribution in [-0.4, -0.2) is 43.3 Å². The van der Waals surface area contributed by atoms with Gasteiger partial charge in [0.2, 0.25) is 0 Å². The molecular formula is C24H28N4O2. The first-order chi connectivity index (χ1) is 14.8. The number of rotatable bonds is 5. The molecule has 5 rings (SSSR count). The number of ether oxygens (including phenoxy) is 2. The lowest BCUT2D eigenvalue weighted by Crippen LogP contribution is -2.39. The number of nitrogens with zero attached hydrogens (tertiary/aromatic N) is 3. The van der Waals surface area contributed by atoms with Gasteiger partial charge in [-0.25, -0.2) is 0 Å². The van der Waals surface area contributed by atoms with E-state index in [0.29, 0.717) is 6.04 Å². The van der Waals surface area contributed by atoms with Gasteiger partial charge in [-0.1, -0.05) is 0 Å². The second-order valence-corrected chi connectivity index (χ2v) is 8.10. The Morgan fingerprint density at radius 1 is 1.00 bits per heavy atom. The Bertz CT molecular complexity index is 1050. The minimum Gasteiger partial charge on any atom is -0.493 e. The average Bonchev–Trinajstić information content (AvgIpc) is 3.27. The van der Waals surface area contributed by atoms with Gasteiger partial charge < -0.3 is 19.7 Å². The normalized spacial score (nSPS) is 16.5. The molecule has 1 aliphatic heterocycles. The summed E-state index contributed by atoms with van der Waals surface area (Å²) in [6.07, 6.45) is 9.26. The highest BCUT2D eigenvalue weighted by molar-refractivity contribution is 5.96. The van der Waals surface area contributed by atoms with Crippen molar-refractivity contribution in [3.05, 3.63) is 47.9 Å². The number of nitrogens with one attached hydrogen (secondary N) is 1. The van der Waals surface area contributed by atoms with Crippen LogP contribution in [-0.2, 0) is 12.8 Å². The zero-order valence-electron chi connectivity index (χ0n) is 17.6. The SMILES string of the molecule is COc1cc2nc3c(c(NC4CCN(c5ccncc5)CC4)c2cc1OC)CCC3. The Labute approximate surface area is 177 Å². The topological polar surface area (TPSA) is 59.5 Å². The Hall–Kier alpha value is -3.02. The van der Waals surface area contributed by atoms with Gasteiger partial charge in [-0.3, -0.25) is 9.97 Å². The maximum Gasteiger partial charge on any atom is 0.162 e. The molecule has 1 N–H and O–H groups in total. The maximum absolute atomic E-state index is 5.58. The molecule has 6 heteroatoms. The van der Waals surface area contributed by atoms with Crippen molar-refractivity contribution in [3.63, 3.8) is 0 Å². The van der Waals surface area contributed by atoms with Crippen LogP contribution in [0.5, 0.6) is 11.5 Å². The Balaban J connectivity index is 1.44. The smallest absolute Gasteiger partial charge is 0.162 e. The number of fused-ring (bicyclic) bond motifs is 2. The van der Waals surface area contributed by atoms with Crippen molar-refractivity contribution >= 4 is 22.3 Å². The summed E-state index contributed by atoms with van der Waals surface area (Å²) in [5, 5.41) is 5.04.